The Bertz CT molecular complexity index is 447. The Balaban J connectivity index is 2.00. The number of likely N-dealkylation sites (tertiary alicyclic amines) is 1. The van der Waals surface area contributed by atoms with Gasteiger partial charge < -0.3 is 10.2 Å². The van der Waals surface area contributed by atoms with Crippen LogP contribution in [0.15, 0.2) is 12.4 Å². The van der Waals surface area contributed by atoms with E-state index in [1.54, 1.807) is 13.3 Å². The molecule has 1 N–H and O–H groups in total. The van der Waals surface area contributed by atoms with Crippen molar-refractivity contribution in [3.05, 3.63) is 18.1 Å². The van der Waals surface area contributed by atoms with Crippen LogP contribution in [-0.4, -0.2) is 39.9 Å². The van der Waals surface area contributed by atoms with Crippen LogP contribution in [0, 0.1) is 0 Å². The van der Waals surface area contributed by atoms with Crippen LogP contribution in [0.3, 0.4) is 0 Å². The van der Waals surface area contributed by atoms with Gasteiger partial charge in [0, 0.05) is 37.8 Å². The molecule has 0 aromatic carbocycles. The summed E-state index contributed by atoms with van der Waals surface area (Å²) in [6.07, 6.45) is 3.72. The summed E-state index contributed by atoms with van der Waals surface area (Å²) < 4.78 is 0. The molecule has 1 aliphatic rings. The number of carbonyl (C=O) groups is 1. The summed E-state index contributed by atoms with van der Waals surface area (Å²) in [5.74, 6) is 1.40. The smallest absolute Gasteiger partial charge is 0.219 e. The van der Waals surface area contributed by atoms with E-state index in [0.29, 0.717) is 5.92 Å². The summed E-state index contributed by atoms with van der Waals surface area (Å²) >= 11 is 0. The summed E-state index contributed by atoms with van der Waals surface area (Å²) in [7, 11) is 0. The highest BCUT2D eigenvalue weighted by Crippen LogP contribution is 2.17. The van der Waals surface area contributed by atoms with Gasteiger partial charge in [0.05, 0.1) is 0 Å². The molecule has 2 rings (SSSR count). The molecule has 1 fully saturated rings. The van der Waals surface area contributed by atoms with E-state index in [1.807, 2.05) is 11.0 Å². The lowest BCUT2D eigenvalue weighted by Crippen LogP contribution is -2.44. The average Bonchev–Trinajstić information content (AvgIpc) is 2.39. The van der Waals surface area contributed by atoms with Crippen LogP contribution in [0.1, 0.15) is 45.2 Å². The lowest BCUT2D eigenvalue weighted by molar-refractivity contribution is -0.129. The first-order valence-electron chi connectivity index (χ1n) is 6.90. The second-order valence-corrected chi connectivity index (χ2v) is 5.43. The molecule has 104 valence electrons. The minimum absolute atomic E-state index is 0.150. The van der Waals surface area contributed by atoms with Crippen molar-refractivity contribution >= 4 is 11.7 Å². The number of anilines is 1. The van der Waals surface area contributed by atoms with E-state index in [9.17, 15) is 4.79 Å². The van der Waals surface area contributed by atoms with Gasteiger partial charge in [0.1, 0.15) is 12.1 Å². The summed E-state index contributed by atoms with van der Waals surface area (Å²) in [5, 5.41) is 3.42. The summed E-state index contributed by atoms with van der Waals surface area (Å²) in [5.41, 5.74) is 1.04. The molecule has 0 aliphatic carbocycles. The van der Waals surface area contributed by atoms with Crippen LogP contribution in [-0.2, 0) is 4.79 Å². The van der Waals surface area contributed by atoms with Crippen molar-refractivity contribution in [2.24, 2.45) is 0 Å². The van der Waals surface area contributed by atoms with Crippen molar-refractivity contribution in [3.8, 4) is 0 Å². The first-order chi connectivity index (χ1) is 9.06. The Morgan fingerprint density at radius 2 is 2.26 bits per heavy atom. The topological polar surface area (TPSA) is 58.1 Å². The lowest BCUT2D eigenvalue weighted by atomic mass is 10.1. The summed E-state index contributed by atoms with van der Waals surface area (Å²) in [4.78, 5) is 21.8. The first kappa shape index (κ1) is 13.8. The van der Waals surface area contributed by atoms with Crippen LogP contribution in [0.25, 0.3) is 0 Å². The van der Waals surface area contributed by atoms with Crippen molar-refractivity contribution in [1.29, 1.82) is 0 Å². The second kappa shape index (κ2) is 5.99. The van der Waals surface area contributed by atoms with Gasteiger partial charge in [-0.25, -0.2) is 9.97 Å². The summed E-state index contributed by atoms with van der Waals surface area (Å²) in [6.45, 7) is 7.49. The van der Waals surface area contributed by atoms with E-state index in [2.05, 4.69) is 29.1 Å². The third-order valence-electron chi connectivity index (χ3n) is 3.50. The number of rotatable bonds is 3. The molecule has 2 heterocycles. The highest BCUT2D eigenvalue weighted by molar-refractivity contribution is 5.73. The van der Waals surface area contributed by atoms with E-state index in [-0.39, 0.29) is 11.9 Å². The molecular weight excluding hydrogens is 240 g/mol. The maximum absolute atomic E-state index is 11.4. The van der Waals surface area contributed by atoms with Crippen molar-refractivity contribution < 1.29 is 4.79 Å². The van der Waals surface area contributed by atoms with Crippen LogP contribution in [0.5, 0.6) is 0 Å². The SMILES string of the molecule is CC(=O)N1CCC[C@H](Nc2cc(C(C)C)ncn2)C1. The Morgan fingerprint density at radius 1 is 1.47 bits per heavy atom. The number of amides is 1. The maximum Gasteiger partial charge on any atom is 0.219 e. The molecule has 0 spiro atoms. The van der Waals surface area contributed by atoms with Crippen LogP contribution in [0.4, 0.5) is 5.82 Å². The third kappa shape index (κ3) is 3.66. The fourth-order valence-corrected chi connectivity index (χ4v) is 2.36. The first-order valence-corrected chi connectivity index (χ1v) is 6.90. The molecule has 0 saturated carbocycles. The molecule has 1 saturated heterocycles. The zero-order valence-corrected chi connectivity index (χ0v) is 11.9. The van der Waals surface area contributed by atoms with E-state index in [1.165, 1.54) is 0 Å². The number of piperidine rings is 1. The van der Waals surface area contributed by atoms with Crippen LogP contribution >= 0.6 is 0 Å². The minimum atomic E-state index is 0.150. The molecule has 1 amide bonds. The van der Waals surface area contributed by atoms with Crippen molar-refractivity contribution in [2.75, 3.05) is 18.4 Å². The Kier molecular flexibility index (Phi) is 4.35. The number of nitrogens with one attached hydrogen (secondary N) is 1. The van der Waals surface area contributed by atoms with E-state index >= 15 is 0 Å². The number of carbonyl (C=O) groups excluding carboxylic acids is 1. The predicted octanol–water partition coefficient (Wildman–Crippen LogP) is 2.02. The van der Waals surface area contributed by atoms with Crippen molar-refractivity contribution in [1.82, 2.24) is 14.9 Å². The van der Waals surface area contributed by atoms with Gasteiger partial charge in [-0.2, -0.15) is 0 Å². The van der Waals surface area contributed by atoms with Gasteiger partial charge in [0.25, 0.3) is 0 Å². The minimum Gasteiger partial charge on any atom is -0.365 e. The molecule has 1 aliphatic heterocycles. The van der Waals surface area contributed by atoms with Crippen LogP contribution < -0.4 is 5.32 Å². The van der Waals surface area contributed by atoms with Gasteiger partial charge in [0.2, 0.25) is 5.91 Å². The highest BCUT2D eigenvalue weighted by atomic mass is 16.2. The Morgan fingerprint density at radius 3 is 2.95 bits per heavy atom. The largest absolute Gasteiger partial charge is 0.365 e. The van der Waals surface area contributed by atoms with Gasteiger partial charge in [0.15, 0.2) is 0 Å². The van der Waals surface area contributed by atoms with Crippen molar-refractivity contribution in [2.45, 2.75) is 45.6 Å². The van der Waals surface area contributed by atoms with E-state index in [4.69, 9.17) is 0 Å². The van der Waals surface area contributed by atoms with Crippen LogP contribution in [0.2, 0.25) is 0 Å². The van der Waals surface area contributed by atoms with Gasteiger partial charge >= 0.3 is 0 Å². The molecule has 19 heavy (non-hydrogen) atoms. The van der Waals surface area contributed by atoms with E-state index < -0.39 is 0 Å². The van der Waals surface area contributed by atoms with Crippen molar-refractivity contribution in [3.63, 3.8) is 0 Å². The normalized spacial score (nSPS) is 19.6. The Labute approximate surface area is 114 Å². The zero-order chi connectivity index (χ0) is 13.8. The van der Waals surface area contributed by atoms with Gasteiger partial charge in [-0.05, 0) is 18.8 Å². The second-order valence-electron chi connectivity index (χ2n) is 5.43. The van der Waals surface area contributed by atoms with E-state index in [0.717, 1.165) is 37.4 Å². The molecular formula is C14H22N4O. The number of nitrogens with zero attached hydrogens (tertiary/aromatic N) is 3. The molecule has 0 bridgehead atoms. The van der Waals surface area contributed by atoms with Gasteiger partial charge in [-0.15, -0.1) is 0 Å². The lowest BCUT2D eigenvalue weighted by Gasteiger charge is -2.32. The predicted molar refractivity (Wildman–Crippen MR) is 75.0 cm³/mol. The molecule has 0 unspecified atom stereocenters. The highest BCUT2D eigenvalue weighted by Gasteiger charge is 2.21. The number of aromatic nitrogens is 2. The number of hydrogen-bond donors (Lipinski definition) is 1. The summed E-state index contributed by atoms with van der Waals surface area (Å²) in [6, 6.07) is 2.28. The Hall–Kier alpha value is -1.65. The zero-order valence-electron chi connectivity index (χ0n) is 11.9. The molecule has 0 radical (unpaired) electrons. The fraction of sp³-hybridized carbons (Fsp3) is 0.643. The fourth-order valence-electron chi connectivity index (χ4n) is 2.36. The average molecular weight is 262 g/mol. The molecule has 1 aromatic heterocycles. The van der Waals surface area contributed by atoms with Gasteiger partial charge in [-0.3, -0.25) is 4.79 Å². The molecule has 5 heteroatoms. The third-order valence-corrected chi connectivity index (χ3v) is 3.50. The standard InChI is InChI=1S/C14H22N4O/c1-10(2)13-7-14(16-9-15-13)17-12-5-4-6-18(8-12)11(3)19/h7,9-10,12H,4-6,8H2,1-3H3,(H,15,16,17)/t12-/m0/s1. The molecule has 1 atom stereocenters. The maximum atomic E-state index is 11.4. The quantitative estimate of drug-likeness (QED) is 0.905. The monoisotopic (exact) mass is 262 g/mol. The van der Waals surface area contributed by atoms with Gasteiger partial charge in [-0.1, -0.05) is 13.8 Å². The number of hydrogen-bond acceptors (Lipinski definition) is 4. The molecule has 5 nitrogen and oxygen atoms in total. The molecule has 1 aromatic rings.